The molecule has 0 spiro atoms. The van der Waals surface area contributed by atoms with Gasteiger partial charge in [0.15, 0.2) is 18.4 Å². The second kappa shape index (κ2) is 6.25. The molecule has 9 nitrogen and oxygen atoms in total. The zero-order chi connectivity index (χ0) is 17.5. The van der Waals surface area contributed by atoms with E-state index in [1.165, 1.54) is 6.92 Å². The van der Waals surface area contributed by atoms with Gasteiger partial charge in [0.25, 0.3) is 0 Å². The van der Waals surface area contributed by atoms with Crippen LogP contribution in [-0.2, 0) is 37.7 Å². The highest BCUT2D eigenvalue weighted by molar-refractivity contribution is 7.81. The highest BCUT2D eigenvalue weighted by Crippen LogP contribution is 2.42. The number of hydrogen-bond acceptors (Lipinski definition) is 9. The van der Waals surface area contributed by atoms with E-state index in [1.807, 2.05) is 6.07 Å². The first-order valence-corrected chi connectivity index (χ1v) is 8.39. The molecule has 0 N–H and O–H groups in total. The lowest BCUT2D eigenvalue weighted by atomic mass is 9.81. The van der Waals surface area contributed by atoms with Crippen molar-refractivity contribution in [3.05, 3.63) is 0 Å². The van der Waals surface area contributed by atoms with Crippen LogP contribution in [-0.4, -0.2) is 52.7 Å². The SMILES string of the molecule is COS(=O)(=O)O[C@H]([C@H]1COC(C)(C)O1)[C@](C)(C#N)C1OC(C)O1. The van der Waals surface area contributed by atoms with Crippen LogP contribution in [0.3, 0.4) is 0 Å². The van der Waals surface area contributed by atoms with Gasteiger partial charge in [0, 0.05) is 0 Å². The Bertz CT molecular complexity index is 579. The summed E-state index contributed by atoms with van der Waals surface area (Å²) in [5, 5.41) is 9.62. The van der Waals surface area contributed by atoms with E-state index in [1.54, 1.807) is 20.8 Å². The Morgan fingerprint density at radius 1 is 1.39 bits per heavy atom. The van der Waals surface area contributed by atoms with Crippen molar-refractivity contribution in [2.75, 3.05) is 13.7 Å². The number of hydrogen-bond donors (Lipinski definition) is 0. The van der Waals surface area contributed by atoms with Gasteiger partial charge in [0.2, 0.25) is 0 Å². The lowest BCUT2D eigenvalue weighted by Crippen LogP contribution is -2.58. The zero-order valence-electron chi connectivity index (χ0n) is 13.6. The Kier molecular flexibility index (Phi) is 5.04. The topological polar surface area (TPSA) is 113 Å². The van der Waals surface area contributed by atoms with E-state index in [9.17, 15) is 13.7 Å². The third-order valence-corrected chi connectivity index (χ3v) is 4.60. The van der Waals surface area contributed by atoms with Crippen LogP contribution < -0.4 is 0 Å². The highest BCUT2D eigenvalue weighted by Gasteiger charge is 2.57. The van der Waals surface area contributed by atoms with Crippen LogP contribution in [0.5, 0.6) is 0 Å². The Morgan fingerprint density at radius 3 is 2.39 bits per heavy atom. The van der Waals surface area contributed by atoms with Crippen molar-refractivity contribution >= 4 is 10.4 Å². The molecule has 2 aliphatic heterocycles. The summed E-state index contributed by atoms with van der Waals surface area (Å²) in [4.78, 5) is 0. The maximum absolute atomic E-state index is 11.8. The molecule has 132 valence electrons. The Labute approximate surface area is 135 Å². The molecule has 0 aromatic rings. The second-order valence-electron chi connectivity index (χ2n) is 6.03. The van der Waals surface area contributed by atoms with Crippen LogP contribution in [0.15, 0.2) is 0 Å². The summed E-state index contributed by atoms with van der Waals surface area (Å²) in [5.74, 6) is -0.923. The minimum absolute atomic E-state index is 0.0520. The third-order valence-electron chi connectivity index (χ3n) is 3.75. The lowest BCUT2D eigenvalue weighted by Gasteiger charge is -2.45. The van der Waals surface area contributed by atoms with Crippen molar-refractivity contribution in [2.45, 2.75) is 58.3 Å². The van der Waals surface area contributed by atoms with Crippen molar-refractivity contribution in [2.24, 2.45) is 5.41 Å². The van der Waals surface area contributed by atoms with E-state index in [0.29, 0.717) is 0 Å². The summed E-state index contributed by atoms with van der Waals surface area (Å²) >= 11 is 0. The second-order valence-corrected chi connectivity index (χ2v) is 7.37. The zero-order valence-corrected chi connectivity index (χ0v) is 14.5. The molecule has 0 bridgehead atoms. The van der Waals surface area contributed by atoms with E-state index >= 15 is 0 Å². The average molecular weight is 351 g/mol. The molecule has 0 aromatic carbocycles. The van der Waals surface area contributed by atoms with Crippen LogP contribution in [0.1, 0.15) is 27.7 Å². The minimum Gasteiger partial charge on any atom is -0.348 e. The maximum atomic E-state index is 11.8. The van der Waals surface area contributed by atoms with Gasteiger partial charge in [0.1, 0.15) is 17.6 Å². The number of nitrogens with zero attached hydrogens (tertiary/aromatic N) is 1. The summed E-state index contributed by atoms with van der Waals surface area (Å²) in [7, 11) is -3.35. The molecule has 10 heteroatoms. The predicted molar refractivity (Wildman–Crippen MR) is 74.8 cm³/mol. The maximum Gasteiger partial charge on any atom is 0.400 e. The van der Waals surface area contributed by atoms with Gasteiger partial charge in [-0.1, -0.05) is 0 Å². The van der Waals surface area contributed by atoms with Crippen molar-refractivity contribution in [1.82, 2.24) is 0 Å². The highest BCUT2D eigenvalue weighted by atomic mass is 32.3. The molecule has 23 heavy (non-hydrogen) atoms. The summed E-state index contributed by atoms with van der Waals surface area (Å²) in [6, 6.07) is 2.02. The first kappa shape index (κ1) is 18.5. The van der Waals surface area contributed by atoms with Gasteiger partial charge in [-0.25, -0.2) is 4.18 Å². The molecule has 0 aliphatic carbocycles. The molecule has 3 atom stereocenters. The summed E-state index contributed by atoms with van der Waals surface area (Å²) in [5.41, 5.74) is -1.45. The monoisotopic (exact) mass is 351 g/mol. The first-order chi connectivity index (χ1) is 10.5. The van der Waals surface area contributed by atoms with Crippen LogP contribution in [0.2, 0.25) is 0 Å². The fourth-order valence-electron chi connectivity index (χ4n) is 2.47. The van der Waals surface area contributed by atoms with Gasteiger partial charge in [-0.05, 0) is 27.7 Å². The van der Waals surface area contributed by atoms with E-state index in [4.69, 9.17) is 23.1 Å². The van der Waals surface area contributed by atoms with Crippen LogP contribution >= 0.6 is 0 Å². The van der Waals surface area contributed by atoms with Crippen molar-refractivity contribution in [3.63, 3.8) is 0 Å². The molecule has 0 amide bonds. The summed E-state index contributed by atoms with van der Waals surface area (Å²) in [6.45, 7) is 6.55. The third kappa shape index (κ3) is 3.83. The van der Waals surface area contributed by atoms with E-state index < -0.39 is 46.4 Å². The van der Waals surface area contributed by atoms with Crippen molar-refractivity contribution < 1.29 is 35.7 Å². The first-order valence-electron chi connectivity index (χ1n) is 7.06. The predicted octanol–water partition coefficient (Wildman–Crippen LogP) is 0.663. The number of nitriles is 1. The summed E-state index contributed by atoms with van der Waals surface area (Å²) in [6.07, 6.45) is -3.49. The number of ether oxygens (including phenoxy) is 4. The molecular weight excluding hydrogens is 330 g/mol. The molecule has 0 unspecified atom stereocenters. The molecule has 2 heterocycles. The van der Waals surface area contributed by atoms with E-state index in [-0.39, 0.29) is 6.61 Å². The fourth-order valence-corrected chi connectivity index (χ4v) is 3.13. The molecule has 2 rings (SSSR count). The quantitative estimate of drug-likeness (QED) is 0.681. The van der Waals surface area contributed by atoms with E-state index in [2.05, 4.69) is 4.18 Å². The molecule has 0 saturated carbocycles. The largest absolute Gasteiger partial charge is 0.400 e. The van der Waals surface area contributed by atoms with Crippen LogP contribution in [0, 0.1) is 16.7 Å². The van der Waals surface area contributed by atoms with Crippen LogP contribution in [0.4, 0.5) is 0 Å². The Morgan fingerprint density at radius 2 is 2.00 bits per heavy atom. The summed E-state index contributed by atoms with van der Waals surface area (Å²) < 4.78 is 54.8. The number of rotatable bonds is 6. The molecule has 2 fully saturated rings. The van der Waals surface area contributed by atoms with Crippen molar-refractivity contribution in [3.8, 4) is 6.07 Å². The Hall–Kier alpha value is -0.800. The lowest BCUT2D eigenvalue weighted by molar-refractivity contribution is -0.409. The van der Waals surface area contributed by atoms with Crippen LogP contribution in [0.25, 0.3) is 0 Å². The van der Waals surface area contributed by atoms with E-state index in [0.717, 1.165) is 7.11 Å². The molecule has 0 aromatic heterocycles. The van der Waals surface area contributed by atoms with Gasteiger partial charge < -0.3 is 18.9 Å². The molecular formula is C13H21NO8S. The molecule has 2 saturated heterocycles. The average Bonchev–Trinajstić information content (AvgIpc) is 2.80. The van der Waals surface area contributed by atoms with Gasteiger partial charge in [-0.2, -0.15) is 13.7 Å². The standard InChI is InChI=1S/C13H21NO8S/c1-8-19-11(20-8)13(4,7-14)10(22-23(15,16)17-5)9-6-18-12(2,3)21-9/h8-11H,6H2,1-5H3/t8?,9-,10-,11?,13+/m1/s1. The minimum atomic E-state index is -4.32. The van der Waals surface area contributed by atoms with Gasteiger partial charge in [-0.15, -0.1) is 0 Å². The van der Waals surface area contributed by atoms with Crippen molar-refractivity contribution in [1.29, 1.82) is 5.26 Å². The normalized spacial score (nSPS) is 34.2. The van der Waals surface area contributed by atoms with Gasteiger partial charge in [0.05, 0.1) is 19.8 Å². The van der Waals surface area contributed by atoms with Gasteiger partial charge in [-0.3, -0.25) is 4.18 Å². The fraction of sp³-hybridized carbons (Fsp3) is 0.923. The smallest absolute Gasteiger partial charge is 0.348 e. The molecule has 0 radical (unpaired) electrons. The Balaban J connectivity index is 2.31. The van der Waals surface area contributed by atoms with Gasteiger partial charge >= 0.3 is 10.4 Å². The molecule has 2 aliphatic rings.